The highest BCUT2D eigenvalue weighted by molar-refractivity contribution is 4.94. The topological polar surface area (TPSA) is 63.9 Å². The van der Waals surface area contributed by atoms with E-state index in [2.05, 4.69) is 18.7 Å². The molecule has 0 aliphatic carbocycles. The Hall–Kier alpha value is -0.160. The third-order valence-corrected chi connectivity index (χ3v) is 6.18. The molecule has 4 atom stereocenters. The van der Waals surface area contributed by atoms with Crippen LogP contribution >= 0.6 is 0 Å². The summed E-state index contributed by atoms with van der Waals surface area (Å²) in [5.74, 6) is 0. The van der Waals surface area contributed by atoms with Gasteiger partial charge in [0.15, 0.2) is 0 Å². The molecule has 0 aromatic rings. The van der Waals surface area contributed by atoms with Crippen LogP contribution in [0.25, 0.3) is 0 Å². The third-order valence-electron chi connectivity index (χ3n) is 6.18. The molecular formula is C23H47NO3. The minimum absolute atomic E-state index is 0.000803. The fourth-order valence-electron chi connectivity index (χ4n) is 4.35. The van der Waals surface area contributed by atoms with Crippen LogP contribution < -0.4 is 0 Å². The van der Waals surface area contributed by atoms with Gasteiger partial charge in [-0.05, 0) is 19.4 Å². The Bertz CT molecular complexity index is 340. The van der Waals surface area contributed by atoms with Gasteiger partial charge in [-0.3, -0.25) is 4.90 Å². The van der Waals surface area contributed by atoms with Gasteiger partial charge in [-0.1, -0.05) is 97.3 Å². The second kappa shape index (κ2) is 15.7. The van der Waals surface area contributed by atoms with Gasteiger partial charge >= 0.3 is 0 Å². The van der Waals surface area contributed by atoms with E-state index in [1.807, 2.05) is 0 Å². The molecule has 4 heteroatoms. The highest BCUT2D eigenvalue weighted by Gasteiger charge is 2.40. The highest BCUT2D eigenvalue weighted by atomic mass is 16.4. The zero-order valence-electron chi connectivity index (χ0n) is 18.1. The van der Waals surface area contributed by atoms with E-state index in [1.165, 1.54) is 77.0 Å². The molecule has 1 aliphatic rings. The molecule has 1 heterocycles. The number of rotatable bonds is 16. The Balaban J connectivity index is 2.30. The molecule has 1 rings (SSSR count). The number of piperidine rings is 1. The van der Waals surface area contributed by atoms with Gasteiger partial charge < -0.3 is 15.3 Å². The number of β-amino-alcohol motifs (C(OH)–C–C–N with tert-alkyl or cyclic N) is 1. The first kappa shape index (κ1) is 24.9. The third kappa shape index (κ3) is 10.3. The van der Waals surface area contributed by atoms with Crippen molar-refractivity contribution in [3.05, 3.63) is 0 Å². The molecule has 1 aliphatic heterocycles. The maximum absolute atomic E-state index is 10.5. The van der Waals surface area contributed by atoms with Crippen LogP contribution in [0.4, 0.5) is 0 Å². The Kier molecular flexibility index (Phi) is 14.5. The van der Waals surface area contributed by atoms with Crippen LogP contribution in [0.5, 0.6) is 0 Å². The monoisotopic (exact) mass is 385 g/mol. The van der Waals surface area contributed by atoms with Crippen molar-refractivity contribution in [2.75, 3.05) is 13.1 Å². The average molecular weight is 386 g/mol. The van der Waals surface area contributed by atoms with E-state index < -0.39 is 18.3 Å². The van der Waals surface area contributed by atoms with Crippen LogP contribution in [0, 0.1) is 0 Å². The predicted octanol–water partition coefficient (Wildman–Crippen LogP) is 4.64. The van der Waals surface area contributed by atoms with Crippen molar-refractivity contribution in [1.29, 1.82) is 0 Å². The van der Waals surface area contributed by atoms with Gasteiger partial charge in [0.05, 0.1) is 12.2 Å². The summed E-state index contributed by atoms with van der Waals surface area (Å²) in [6.07, 6.45) is 16.0. The minimum atomic E-state index is -0.996. The smallest absolute Gasteiger partial charge is 0.108 e. The number of hydrogen-bond donors (Lipinski definition) is 3. The summed E-state index contributed by atoms with van der Waals surface area (Å²) in [6, 6.07) is -0.000803. The molecule has 1 fully saturated rings. The number of aliphatic hydroxyl groups excluding tert-OH is 3. The van der Waals surface area contributed by atoms with Crippen molar-refractivity contribution in [1.82, 2.24) is 4.90 Å². The summed E-state index contributed by atoms with van der Waals surface area (Å²) < 4.78 is 0. The van der Waals surface area contributed by atoms with Crippen molar-refractivity contribution in [3.8, 4) is 0 Å². The number of hydrogen-bond acceptors (Lipinski definition) is 4. The summed E-state index contributed by atoms with van der Waals surface area (Å²) in [4.78, 5) is 2.24. The maximum Gasteiger partial charge on any atom is 0.108 e. The first-order valence-corrected chi connectivity index (χ1v) is 11.9. The Morgan fingerprint density at radius 3 is 1.67 bits per heavy atom. The first-order chi connectivity index (χ1) is 13.1. The van der Waals surface area contributed by atoms with Gasteiger partial charge in [-0.15, -0.1) is 0 Å². The van der Waals surface area contributed by atoms with Crippen molar-refractivity contribution in [2.24, 2.45) is 0 Å². The molecule has 1 unspecified atom stereocenters. The number of aliphatic hydroxyl groups is 3. The molecule has 0 spiro atoms. The van der Waals surface area contributed by atoms with E-state index in [0.717, 1.165) is 25.8 Å². The van der Waals surface area contributed by atoms with Crippen LogP contribution in [0.2, 0.25) is 0 Å². The quantitative estimate of drug-likeness (QED) is 0.339. The van der Waals surface area contributed by atoms with E-state index >= 15 is 0 Å². The van der Waals surface area contributed by atoms with E-state index in [9.17, 15) is 15.3 Å². The molecule has 0 radical (unpaired) electrons. The normalized spacial score (nSPS) is 26.6. The lowest BCUT2D eigenvalue weighted by Gasteiger charge is -2.44. The SMILES string of the molecule is CCCCCCCCC[C@@H]1C(O)[C@@H](O)[C@H](O)CN1CCCCCCCCC. The molecule has 3 N–H and O–H groups in total. The predicted molar refractivity (Wildman–Crippen MR) is 114 cm³/mol. The van der Waals surface area contributed by atoms with Gasteiger partial charge in [0.2, 0.25) is 0 Å². The van der Waals surface area contributed by atoms with Gasteiger partial charge in [-0.2, -0.15) is 0 Å². The van der Waals surface area contributed by atoms with Gasteiger partial charge in [0.1, 0.15) is 6.10 Å². The molecule has 0 aromatic heterocycles. The van der Waals surface area contributed by atoms with Crippen LogP contribution in [0.3, 0.4) is 0 Å². The fourth-order valence-corrected chi connectivity index (χ4v) is 4.35. The van der Waals surface area contributed by atoms with Crippen LogP contribution in [-0.2, 0) is 0 Å². The van der Waals surface area contributed by atoms with Crippen LogP contribution in [-0.4, -0.2) is 57.7 Å². The summed E-state index contributed by atoms with van der Waals surface area (Å²) in [5.41, 5.74) is 0. The summed E-state index contributed by atoms with van der Waals surface area (Å²) >= 11 is 0. The van der Waals surface area contributed by atoms with Crippen LogP contribution in [0.1, 0.15) is 110 Å². The lowest BCUT2D eigenvalue weighted by molar-refractivity contribution is -0.138. The van der Waals surface area contributed by atoms with E-state index in [-0.39, 0.29) is 6.04 Å². The maximum atomic E-state index is 10.5. The van der Waals surface area contributed by atoms with Crippen LogP contribution in [0.15, 0.2) is 0 Å². The molecule has 27 heavy (non-hydrogen) atoms. The zero-order chi connectivity index (χ0) is 19.9. The second-order valence-corrected chi connectivity index (χ2v) is 8.64. The highest BCUT2D eigenvalue weighted by Crippen LogP contribution is 2.24. The lowest BCUT2D eigenvalue weighted by Crippen LogP contribution is -2.61. The van der Waals surface area contributed by atoms with Gasteiger partial charge in [0.25, 0.3) is 0 Å². The van der Waals surface area contributed by atoms with Gasteiger partial charge in [-0.25, -0.2) is 0 Å². The first-order valence-electron chi connectivity index (χ1n) is 11.9. The summed E-state index contributed by atoms with van der Waals surface area (Å²) in [6.45, 7) is 5.90. The molecule has 162 valence electrons. The molecular weight excluding hydrogens is 338 g/mol. The summed E-state index contributed by atoms with van der Waals surface area (Å²) in [5, 5.41) is 30.7. The lowest BCUT2D eigenvalue weighted by atomic mass is 9.89. The zero-order valence-corrected chi connectivity index (χ0v) is 18.1. The number of unbranched alkanes of at least 4 members (excludes halogenated alkanes) is 12. The fraction of sp³-hybridized carbons (Fsp3) is 1.00. The Labute approximate surface area is 168 Å². The van der Waals surface area contributed by atoms with E-state index in [1.54, 1.807) is 0 Å². The van der Waals surface area contributed by atoms with Gasteiger partial charge in [0, 0.05) is 12.6 Å². The van der Waals surface area contributed by atoms with Crippen molar-refractivity contribution in [2.45, 2.75) is 135 Å². The van der Waals surface area contributed by atoms with E-state index in [0.29, 0.717) is 6.54 Å². The minimum Gasteiger partial charge on any atom is -0.389 e. The summed E-state index contributed by atoms with van der Waals surface area (Å²) in [7, 11) is 0. The molecule has 4 nitrogen and oxygen atoms in total. The largest absolute Gasteiger partial charge is 0.389 e. The Morgan fingerprint density at radius 1 is 0.630 bits per heavy atom. The number of nitrogens with zero attached hydrogens (tertiary/aromatic N) is 1. The van der Waals surface area contributed by atoms with Crippen molar-refractivity contribution < 1.29 is 15.3 Å². The van der Waals surface area contributed by atoms with Crippen molar-refractivity contribution in [3.63, 3.8) is 0 Å². The molecule has 1 saturated heterocycles. The molecule has 0 aromatic carbocycles. The number of likely N-dealkylation sites (tertiary alicyclic amines) is 1. The standard InChI is InChI=1S/C23H47NO3/c1-3-5-7-9-11-13-15-17-20-22(26)23(27)21(25)19-24(20)18-16-14-12-10-8-6-4-2/h20-23,25-27H,3-19H2,1-2H3/t20-,21-,22?,23+/m1/s1. The molecule has 0 bridgehead atoms. The molecule has 0 saturated carbocycles. The average Bonchev–Trinajstić information content (AvgIpc) is 2.66. The van der Waals surface area contributed by atoms with Crippen molar-refractivity contribution >= 4 is 0 Å². The Morgan fingerprint density at radius 2 is 1.11 bits per heavy atom. The molecule has 0 amide bonds. The van der Waals surface area contributed by atoms with E-state index in [4.69, 9.17) is 0 Å². The second-order valence-electron chi connectivity index (χ2n) is 8.64.